The van der Waals surface area contributed by atoms with E-state index in [2.05, 4.69) is 370 Å². The molecule has 0 radical (unpaired) electrons. The van der Waals surface area contributed by atoms with E-state index in [1.54, 1.807) is 0 Å². The highest BCUT2D eigenvalue weighted by molar-refractivity contribution is 6.26. The summed E-state index contributed by atoms with van der Waals surface area (Å²) >= 11 is 0. The molecule has 4 heterocycles. The quantitative estimate of drug-likeness (QED) is 0.126. The van der Waals surface area contributed by atoms with Gasteiger partial charge in [0.1, 0.15) is 0 Å². The molecule has 4 aromatic heterocycles. The van der Waals surface area contributed by atoms with Crippen molar-refractivity contribution in [2.75, 3.05) is 0 Å². The lowest BCUT2D eigenvalue weighted by atomic mass is 9.91. The first kappa shape index (κ1) is 74.7. The average Bonchev–Trinajstić information content (AvgIpc) is 1.52. The van der Waals surface area contributed by atoms with Gasteiger partial charge in [0.25, 0.3) is 0 Å². The molecule has 0 unspecified atom stereocenters. The monoisotopic (exact) mass is 1630 g/mol. The number of aromatic nitrogens is 7. The van der Waals surface area contributed by atoms with E-state index in [1.165, 1.54) is 98.4 Å². The van der Waals surface area contributed by atoms with Crippen molar-refractivity contribution in [1.29, 1.82) is 0 Å². The summed E-state index contributed by atoms with van der Waals surface area (Å²) in [4.78, 5) is 35.9. The fourth-order valence-corrected chi connectivity index (χ4v) is 19.2. The summed E-state index contributed by atoms with van der Waals surface area (Å²) in [6, 6.07) is 159. The minimum Gasteiger partial charge on any atom is -0.255 e. The van der Waals surface area contributed by atoms with Crippen molar-refractivity contribution < 1.29 is 0 Å². The molecule has 0 saturated heterocycles. The summed E-state index contributed by atoms with van der Waals surface area (Å²) in [7, 11) is 0. The van der Waals surface area contributed by atoms with Gasteiger partial charge in [-0.3, -0.25) is 4.98 Å². The molecule has 7 nitrogen and oxygen atoms in total. The number of benzene rings is 21. The maximum Gasteiger partial charge on any atom is 0.160 e. The Hall–Kier alpha value is -17.1. The molecule has 594 valence electrons. The SMILES string of the molecule is c1ccc(-c2nc(-c3ccccc3)c3ccc4ccc(-c5ccc6c7c(cccc57)-c5ccccc5-6)cc4c3n2)cc1.c1ccc(-c2nc(-c3ccccc3)c3ccc4ccc(-c5ccc6c7ccccc7c7ccccc7c6c5)cc4c3n2)cc1.c1ccc(-c2nc(-c3ccccc3)c3ccc4ccc(-c5ncc(-c6ccccc6)c6ccccc56)cc4c3n2)cc1. The molecule has 0 spiro atoms. The number of hydrogen-bond acceptors (Lipinski definition) is 7. The summed E-state index contributed by atoms with van der Waals surface area (Å²) in [5.74, 6) is 2.19. The van der Waals surface area contributed by atoms with Crippen molar-refractivity contribution >= 4 is 119 Å². The first-order valence-electron chi connectivity index (χ1n) is 43.5. The van der Waals surface area contributed by atoms with Gasteiger partial charge in [0, 0.05) is 88.4 Å². The molecule has 0 bridgehead atoms. The second kappa shape index (κ2) is 31.6. The molecule has 21 aromatic carbocycles. The first-order valence-corrected chi connectivity index (χ1v) is 43.5. The van der Waals surface area contributed by atoms with Crippen LogP contribution < -0.4 is 0 Å². The zero-order valence-electron chi connectivity index (χ0n) is 69.4. The van der Waals surface area contributed by atoms with Crippen LogP contribution in [-0.4, -0.2) is 34.9 Å². The van der Waals surface area contributed by atoms with Crippen LogP contribution >= 0.6 is 0 Å². The molecular formula is C121H75N7. The van der Waals surface area contributed by atoms with Crippen LogP contribution in [0.4, 0.5) is 0 Å². The van der Waals surface area contributed by atoms with Crippen LogP contribution in [0.2, 0.25) is 0 Å². The minimum atomic E-state index is 0.718. The second-order valence-corrected chi connectivity index (χ2v) is 32.8. The predicted octanol–water partition coefficient (Wildman–Crippen LogP) is 31.8. The molecule has 0 amide bonds. The minimum absolute atomic E-state index is 0.718. The van der Waals surface area contributed by atoms with E-state index < -0.39 is 0 Å². The lowest BCUT2D eigenvalue weighted by molar-refractivity contribution is 1.23. The molecular weight excluding hydrogens is 1550 g/mol. The largest absolute Gasteiger partial charge is 0.255 e. The topological polar surface area (TPSA) is 90.2 Å². The molecule has 0 saturated carbocycles. The van der Waals surface area contributed by atoms with Gasteiger partial charge in [0.15, 0.2) is 17.5 Å². The van der Waals surface area contributed by atoms with Crippen LogP contribution in [0.5, 0.6) is 0 Å². The van der Waals surface area contributed by atoms with Gasteiger partial charge in [-0.25, -0.2) is 29.9 Å². The maximum atomic E-state index is 5.21. The van der Waals surface area contributed by atoms with E-state index in [4.69, 9.17) is 34.9 Å². The molecule has 7 heteroatoms. The fraction of sp³-hybridized carbons (Fsp3) is 0. The highest BCUT2D eigenvalue weighted by atomic mass is 14.9. The number of hydrogen-bond donors (Lipinski definition) is 0. The van der Waals surface area contributed by atoms with Gasteiger partial charge in [0.05, 0.1) is 39.3 Å². The second-order valence-electron chi connectivity index (χ2n) is 32.8. The zero-order valence-corrected chi connectivity index (χ0v) is 69.4. The van der Waals surface area contributed by atoms with Crippen LogP contribution in [-0.2, 0) is 0 Å². The van der Waals surface area contributed by atoms with Gasteiger partial charge in [-0.2, -0.15) is 0 Å². The molecule has 0 fully saturated rings. The van der Waals surface area contributed by atoms with E-state index in [9.17, 15) is 0 Å². The molecule has 1 aliphatic rings. The van der Waals surface area contributed by atoms with Gasteiger partial charge in [-0.1, -0.05) is 406 Å². The number of pyridine rings is 1. The lowest BCUT2D eigenvalue weighted by Crippen LogP contribution is -1.96. The Kier molecular flexibility index (Phi) is 18.5. The molecule has 0 aliphatic heterocycles. The van der Waals surface area contributed by atoms with Crippen LogP contribution in [0.25, 0.3) is 254 Å². The third-order valence-electron chi connectivity index (χ3n) is 25.4. The zero-order chi connectivity index (χ0) is 84.5. The van der Waals surface area contributed by atoms with Crippen molar-refractivity contribution in [3.8, 4) is 135 Å². The average molecular weight is 1630 g/mol. The highest BCUT2D eigenvalue weighted by Gasteiger charge is 2.25. The van der Waals surface area contributed by atoms with Crippen LogP contribution in [0.1, 0.15) is 0 Å². The molecule has 0 atom stereocenters. The number of rotatable bonds is 10. The third-order valence-corrected chi connectivity index (χ3v) is 25.4. The van der Waals surface area contributed by atoms with Crippen LogP contribution in [0.15, 0.2) is 455 Å². The van der Waals surface area contributed by atoms with Gasteiger partial charge in [-0.05, 0) is 157 Å². The summed E-state index contributed by atoms with van der Waals surface area (Å²) in [5, 5.41) is 22.6. The van der Waals surface area contributed by atoms with E-state index in [1.807, 2.05) is 85.1 Å². The Bertz CT molecular complexity index is 8650. The van der Waals surface area contributed by atoms with Crippen molar-refractivity contribution in [2.24, 2.45) is 0 Å². The maximum absolute atomic E-state index is 5.21. The Morgan fingerprint density at radius 3 is 0.883 bits per heavy atom. The third kappa shape index (κ3) is 13.2. The van der Waals surface area contributed by atoms with Crippen molar-refractivity contribution in [1.82, 2.24) is 34.9 Å². The highest BCUT2D eigenvalue weighted by Crippen LogP contribution is 2.51. The lowest BCUT2D eigenvalue weighted by Gasteiger charge is -2.14. The van der Waals surface area contributed by atoms with Crippen LogP contribution in [0.3, 0.4) is 0 Å². The van der Waals surface area contributed by atoms with Crippen molar-refractivity contribution in [3.05, 3.63) is 455 Å². The van der Waals surface area contributed by atoms with E-state index in [0.717, 1.165) is 155 Å². The summed E-state index contributed by atoms with van der Waals surface area (Å²) in [6.45, 7) is 0. The van der Waals surface area contributed by atoms with Gasteiger partial charge >= 0.3 is 0 Å². The standard InChI is InChI=1S/C42H26N2.C40H24N2.C39H25N3/c1-3-11-28(12-4-1)40-37-24-21-27-19-20-30(25-38(27)41(37)44-42(43-40)29-13-5-2-6-14-29)31-22-23-36-34-17-8-7-15-32(34)33-16-9-10-18-35(33)39(36)26-31;1-3-10-26(11-4-1)38-35-21-20-25-18-19-28(24-36(25)39(35)42-40(41-38)27-12-5-2-6-13-27)29-22-23-34-31-15-8-7-14-30(31)33-17-9-16-32(29)37(33)34;1-4-12-26(13-5-1)35-25-40-36(32-19-11-10-18-31(32)35)30-21-20-27-22-23-33-37(28-14-6-2-7-15-28)41-39(29-16-8-3-9-17-29)42-38(33)34(27)24-30/h1-26H;1-24H;1-25H. The van der Waals surface area contributed by atoms with Gasteiger partial charge in [0.2, 0.25) is 0 Å². The summed E-state index contributed by atoms with van der Waals surface area (Å²) in [5.41, 5.74) is 26.4. The summed E-state index contributed by atoms with van der Waals surface area (Å²) in [6.07, 6.45) is 2.00. The molecule has 25 aromatic rings. The van der Waals surface area contributed by atoms with E-state index in [0.29, 0.717) is 0 Å². The van der Waals surface area contributed by atoms with Gasteiger partial charge < -0.3 is 0 Å². The van der Waals surface area contributed by atoms with Crippen molar-refractivity contribution in [3.63, 3.8) is 0 Å². The Morgan fingerprint density at radius 2 is 0.430 bits per heavy atom. The predicted molar refractivity (Wildman–Crippen MR) is 535 cm³/mol. The Labute approximate surface area is 738 Å². The number of fused-ring (bicyclic) bond motifs is 19. The smallest absolute Gasteiger partial charge is 0.160 e. The molecule has 0 N–H and O–H groups in total. The molecule has 1 aliphatic carbocycles. The number of nitrogens with zero attached hydrogens (tertiary/aromatic N) is 7. The van der Waals surface area contributed by atoms with Gasteiger partial charge in [-0.15, -0.1) is 0 Å². The molecule has 128 heavy (non-hydrogen) atoms. The fourth-order valence-electron chi connectivity index (χ4n) is 19.2. The van der Waals surface area contributed by atoms with E-state index >= 15 is 0 Å². The molecule has 26 rings (SSSR count). The van der Waals surface area contributed by atoms with Crippen molar-refractivity contribution in [2.45, 2.75) is 0 Å². The summed E-state index contributed by atoms with van der Waals surface area (Å²) < 4.78 is 0. The van der Waals surface area contributed by atoms with Crippen LogP contribution in [0, 0.1) is 0 Å². The Balaban J connectivity index is 0.000000107. The van der Waals surface area contributed by atoms with E-state index in [-0.39, 0.29) is 0 Å². The Morgan fingerprint density at radius 1 is 0.133 bits per heavy atom. The normalized spacial score (nSPS) is 11.6. The first-order chi connectivity index (χ1) is 63.5.